The molecule has 0 radical (unpaired) electrons. The van der Waals surface area contributed by atoms with Gasteiger partial charge in [0.05, 0.1) is 59.8 Å². The van der Waals surface area contributed by atoms with E-state index in [9.17, 15) is 9.59 Å². The molecule has 142 valence electrons. The molecule has 0 aromatic rings. The molecule has 0 aromatic carbocycles. The normalized spacial score (nSPS) is 11.3. The van der Waals surface area contributed by atoms with Crippen molar-refractivity contribution in [2.75, 3.05) is 60.0 Å². The molecule has 0 aliphatic rings. The van der Waals surface area contributed by atoms with Crippen LogP contribution in [-0.2, 0) is 38.0 Å². The highest BCUT2D eigenvalue weighted by Crippen LogP contribution is 2.06. The lowest BCUT2D eigenvalue weighted by molar-refractivity contribution is -0.160. The van der Waals surface area contributed by atoms with Crippen molar-refractivity contribution in [2.45, 2.75) is 32.8 Å². The zero-order valence-electron chi connectivity index (χ0n) is 15.1. The number of esters is 2. The van der Waals surface area contributed by atoms with Gasteiger partial charge in [-0.05, 0) is 20.8 Å². The van der Waals surface area contributed by atoms with Gasteiger partial charge in [0.25, 0.3) is 0 Å². The SMILES string of the molecule is COC(=O)CCOCCOCCOCCOCC(=O)OC(C)(C)C. The Morgan fingerprint density at radius 1 is 0.708 bits per heavy atom. The first-order valence-electron chi connectivity index (χ1n) is 7.95. The van der Waals surface area contributed by atoms with Crippen molar-refractivity contribution in [2.24, 2.45) is 0 Å². The molecule has 0 aliphatic heterocycles. The first-order valence-corrected chi connectivity index (χ1v) is 7.95. The molecular formula is C16H30O8. The highest BCUT2D eigenvalue weighted by molar-refractivity contribution is 5.71. The summed E-state index contributed by atoms with van der Waals surface area (Å²) in [6, 6.07) is 0. The second-order valence-electron chi connectivity index (χ2n) is 5.80. The summed E-state index contributed by atoms with van der Waals surface area (Å²) in [6.45, 7) is 8.05. The Labute approximate surface area is 143 Å². The molecule has 0 saturated carbocycles. The second-order valence-corrected chi connectivity index (χ2v) is 5.80. The minimum Gasteiger partial charge on any atom is -0.469 e. The van der Waals surface area contributed by atoms with Gasteiger partial charge in [0.15, 0.2) is 0 Å². The Morgan fingerprint density at radius 3 is 1.62 bits per heavy atom. The summed E-state index contributed by atoms with van der Waals surface area (Å²) in [4.78, 5) is 22.2. The van der Waals surface area contributed by atoms with Gasteiger partial charge in [-0.2, -0.15) is 0 Å². The van der Waals surface area contributed by atoms with Crippen LogP contribution >= 0.6 is 0 Å². The van der Waals surface area contributed by atoms with Gasteiger partial charge in [-0.25, -0.2) is 4.79 Å². The fraction of sp³-hybridized carbons (Fsp3) is 0.875. The fourth-order valence-corrected chi connectivity index (χ4v) is 1.44. The average Bonchev–Trinajstić information content (AvgIpc) is 2.49. The molecular weight excluding hydrogens is 320 g/mol. The molecule has 0 N–H and O–H groups in total. The minimum atomic E-state index is -0.503. The van der Waals surface area contributed by atoms with Crippen molar-refractivity contribution in [1.82, 2.24) is 0 Å². The van der Waals surface area contributed by atoms with Crippen molar-refractivity contribution in [3.05, 3.63) is 0 Å². The van der Waals surface area contributed by atoms with E-state index in [1.807, 2.05) is 0 Å². The van der Waals surface area contributed by atoms with Crippen molar-refractivity contribution in [3.8, 4) is 0 Å². The monoisotopic (exact) mass is 350 g/mol. The molecule has 0 amide bonds. The molecule has 0 aromatic heterocycles. The highest BCUT2D eigenvalue weighted by Gasteiger charge is 2.15. The quantitative estimate of drug-likeness (QED) is 0.338. The Hall–Kier alpha value is -1.22. The van der Waals surface area contributed by atoms with Crippen LogP contribution in [0.3, 0.4) is 0 Å². The zero-order valence-corrected chi connectivity index (χ0v) is 15.1. The van der Waals surface area contributed by atoms with Crippen molar-refractivity contribution in [3.63, 3.8) is 0 Å². The van der Waals surface area contributed by atoms with Crippen LogP contribution in [-0.4, -0.2) is 77.5 Å². The Bertz CT molecular complexity index is 337. The fourth-order valence-electron chi connectivity index (χ4n) is 1.44. The number of methoxy groups -OCH3 is 1. The molecule has 0 spiro atoms. The maximum Gasteiger partial charge on any atom is 0.332 e. The standard InChI is InChI=1S/C16H30O8/c1-16(2,3)24-15(18)13-23-12-11-22-10-9-21-8-7-20-6-5-14(17)19-4/h5-13H2,1-4H3. The van der Waals surface area contributed by atoms with E-state index in [0.29, 0.717) is 46.2 Å². The summed E-state index contributed by atoms with van der Waals surface area (Å²) in [6.07, 6.45) is 0.239. The summed E-state index contributed by atoms with van der Waals surface area (Å²) in [5.41, 5.74) is -0.503. The lowest BCUT2D eigenvalue weighted by Gasteiger charge is -2.19. The number of hydrogen-bond donors (Lipinski definition) is 0. The van der Waals surface area contributed by atoms with Crippen LogP contribution in [0.2, 0.25) is 0 Å². The number of hydrogen-bond acceptors (Lipinski definition) is 8. The summed E-state index contributed by atoms with van der Waals surface area (Å²) in [5, 5.41) is 0. The van der Waals surface area contributed by atoms with Gasteiger partial charge in [0, 0.05) is 0 Å². The van der Waals surface area contributed by atoms with E-state index >= 15 is 0 Å². The molecule has 0 fully saturated rings. The van der Waals surface area contributed by atoms with Gasteiger partial charge in [-0.3, -0.25) is 4.79 Å². The summed E-state index contributed by atoms with van der Waals surface area (Å²) < 4.78 is 30.5. The third-order valence-electron chi connectivity index (χ3n) is 2.43. The average molecular weight is 350 g/mol. The molecule has 8 nitrogen and oxygen atoms in total. The number of rotatable bonds is 14. The maximum absolute atomic E-state index is 11.3. The van der Waals surface area contributed by atoms with Gasteiger partial charge in [-0.15, -0.1) is 0 Å². The smallest absolute Gasteiger partial charge is 0.332 e. The van der Waals surface area contributed by atoms with Gasteiger partial charge in [0.1, 0.15) is 12.2 Å². The van der Waals surface area contributed by atoms with E-state index in [-0.39, 0.29) is 19.0 Å². The van der Waals surface area contributed by atoms with E-state index in [4.69, 9.17) is 23.7 Å². The van der Waals surface area contributed by atoms with E-state index in [1.165, 1.54) is 7.11 Å². The van der Waals surface area contributed by atoms with Crippen molar-refractivity contribution < 1.29 is 38.0 Å². The Balaban J connectivity index is 3.20. The summed E-state index contributed by atoms with van der Waals surface area (Å²) >= 11 is 0. The van der Waals surface area contributed by atoms with Gasteiger partial charge >= 0.3 is 11.9 Å². The second kappa shape index (κ2) is 14.2. The van der Waals surface area contributed by atoms with Crippen LogP contribution in [0.4, 0.5) is 0 Å². The lowest BCUT2D eigenvalue weighted by Crippen LogP contribution is -2.27. The number of carbonyl (C=O) groups is 2. The third-order valence-corrected chi connectivity index (χ3v) is 2.43. The molecule has 0 aliphatic carbocycles. The van der Waals surface area contributed by atoms with Crippen molar-refractivity contribution in [1.29, 1.82) is 0 Å². The van der Waals surface area contributed by atoms with E-state index in [0.717, 1.165) is 0 Å². The molecule has 0 bridgehead atoms. The predicted molar refractivity (Wildman–Crippen MR) is 85.8 cm³/mol. The van der Waals surface area contributed by atoms with Gasteiger partial charge < -0.3 is 28.4 Å². The van der Waals surface area contributed by atoms with Gasteiger partial charge in [0.2, 0.25) is 0 Å². The number of carbonyl (C=O) groups excluding carboxylic acids is 2. The Morgan fingerprint density at radius 2 is 1.17 bits per heavy atom. The molecule has 0 saturated heterocycles. The molecule has 24 heavy (non-hydrogen) atoms. The first kappa shape index (κ1) is 22.8. The van der Waals surface area contributed by atoms with E-state index in [1.54, 1.807) is 20.8 Å². The Kier molecular flexibility index (Phi) is 13.4. The van der Waals surface area contributed by atoms with Crippen LogP contribution < -0.4 is 0 Å². The van der Waals surface area contributed by atoms with Crippen LogP contribution in [0.1, 0.15) is 27.2 Å². The summed E-state index contributed by atoms with van der Waals surface area (Å²) in [5.74, 6) is -0.684. The van der Waals surface area contributed by atoms with E-state index < -0.39 is 11.6 Å². The third kappa shape index (κ3) is 17.1. The number of ether oxygens (including phenoxy) is 6. The molecule has 0 rings (SSSR count). The molecule has 0 heterocycles. The van der Waals surface area contributed by atoms with Gasteiger partial charge in [-0.1, -0.05) is 0 Å². The maximum atomic E-state index is 11.3. The summed E-state index contributed by atoms with van der Waals surface area (Å²) in [7, 11) is 1.34. The van der Waals surface area contributed by atoms with Crippen LogP contribution in [0.25, 0.3) is 0 Å². The minimum absolute atomic E-state index is 0.0833. The topological polar surface area (TPSA) is 89.5 Å². The zero-order chi connectivity index (χ0) is 18.3. The molecule has 8 heteroatoms. The molecule has 0 unspecified atom stereocenters. The van der Waals surface area contributed by atoms with Crippen LogP contribution in [0.5, 0.6) is 0 Å². The highest BCUT2D eigenvalue weighted by atomic mass is 16.6. The first-order chi connectivity index (χ1) is 11.3. The van der Waals surface area contributed by atoms with E-state index in [2.05, 4.69) is 4.74 Å². The largest absolute Gasteiger partial charge is 0.469 e. The van der Waals surface area contributed by atoms with Crippen molar-refractivity contribution >= 4 is 11.9 Å². The lowest BCUT2D eigenvalue weighted by atomic mass is 10.2. The predicted octanol–water partition coefficient (Wildman–Crippen LogP) is 0.958. The van der Waals surface area contributed by atoms with Crippen LogP contribution in [0, 0.1) is 0 Å². The van der Waals surface area contributed by atoms with Crippen LogP contribution in [0.15, 0.2) is 0 Å². The molecule has 0 atom stereocenters.